The van der Waals surface area contributed by atoms with E-state index in [1.165, 1.54) is 12.0 Å². The number of allylic oxidation sites excluding steroid dienone is 2. The van der Waals surface area contributed by atoms with Gasteiger partial charge in [0.05, 0.1) is 0 Å². The topological polar surface area (TPSA) is 18.5 Å². The summed E-state index contributed by atoms with van der Waals surface area (Å²) >= 11 is 0. The summed E-state index contributed by atoms with van der Waals surface area (Å²) in [5.74, 6) is 2.66. The second-order valence-electron chi connectivity index (χ2n) is 6.15. The van der Waals surface area contributed by atoms with Crippen LogP contribution in [0.15, 0.2) is 42.0 Å². The normalized spacial score (nSPS) is 31.6. The monoisotopic (exact) mass is 272 g/mol. The van der Waals surface area contributed by atoms with Crippen molar-refractivity contribution in [1.29, 1.82) is 0 Å². The molecule has 2 aliphatic carbocycles. The number of rotatable bonds is 6. The Labute approximate surface area is 121 Å². The molecule has 1 aromatic carbocycles. The number of methoxy groups -OCH3 is 2. The second-order valence-corrected chi connectivity index (χ2v) is 6.15. The summed E-state index contributed by atoms with van der Waals surface area (Å²) in [7, 11) is 3.63. The number of benzene rings is 1. The zero-order valence-corrected chi connectivity index (χ0v) is 12.4. The Hall–Kier alpha value is -1.12. The van der Waals surface area contributed by atoms with E-state index in [4.69, 9.17) is 9.47 Å². The van der Waals surface area contributed by atoms with Gasteiger partial charge in [-0.1, -0.05) is 42.0 Å². The predicted molar refractivity (Wildman–Crippen MR) is 80.6 cm³/mol. The maximum Gasteiger partial charge on any atom is 0.0499 e. The highest BCUT2D eigenvalue weighted by molar-refractivity contribution is 5.30. The van der Waals surface area contributed by atoms with Crippen LogP contribution in [0.5, 0.6) is 0 Å². The van der Waals surface area contributed by atoms with Crippen LogP contribution < -0.4 is 0 Å². The molecular weight excluding hydrogens is 248 g/mol. The molecule has 2 bridgehead atoms. The third-order valence-electron chi connectivity index (χ3n) is 5.02. The standard InChI is InChI=1S/C18H24O2/c1-19-11-17-15-9-14(8-13-6-4-3-5-7-13)16(10-15)18(17)12-20-2/h3-7,9,15-18H,8,10-12H2,1-2H3/t15-,16-,17-,18+/m1/s1. The van der Waals surface area contributed by atoms with E-state index in [9.17, 15) is 0 Å². The lowest BCUT2D eigenvalue weighted by Crippen LogP contribution is -2.29. The first kappa shape index (κ1) is 13.8. The van der Waals surface area contributed by atoms with Gasteiger partial charge < -0.3 is 9.47 Å². The van der Waals surface area contributed by atoms with Gasteiger partial charge in [-0.2, -0.15) is 0 Å². The molecule has 0 N–H and O–H groups in total. The highest BCUT2D eigenvalue weighted by atomic mass is 16.5. The van der Waals surface area contributed by atoms with Crippen LogP contribution in [0.4, 0.5) is 0 Å². The Bertz CT molecular complexity index is 466. The lowest BCUT2D eigenvalue weighted by molar-refractivity contribution is 0.0624. The summed E-state index contributed by atoms with van der Waals surface area (Å²) in [4.78, 5) is 0. The van der Waals surface area contributed by atoms with Gasteiger partial charge in [-0.25, -0.2) is 0 Å². The summed E-state index contributed by atoms with van der Waals surface area (Å²) in [6.45, 7) is 1.73. The highest BCUT2D eigenvalue weighted by Crippen LogP contribution is 2.52. The number of fused-ring (bicyclic) bond motifs is 2. The fraction of sp³-hybridized carbons (Fsp3) is 0.556. The molecule has 0 aliphatic heterocycles. The Balaban J connectivity index is 1.75. The van der Waals surface area contributed by atoms with Crippen LogP contribution in [0.25, 0.3) is 0 Å². The summed E-state index contributed by atoms with van der Waals surface area (Å²) in [6, 6.07) is 10.8. The van der Waals surface area contributed by atoms with Crippen LogP contribution >= 0.6 is 0 Å². The SMILES string of the molecule is COC[C@@H]1[C@H](COC)[C@@H]2C=C(Cc3ccccc3)[C@H]1C2. The molecule has 1 fully saturated rings. The van der Waals surface area contributed by atoms with E-state index in [1.54, 1.807) is 5.57 Å². The van der Waals surface area contributed by atoms with Crippen molar-refractivity contribution >= 4 is 0 Å². The van der Waals surface area contributed by atoms with Crippen molar-refractivity contribution in [3.63, 3.8) is 0 Å². The van der Waals surface area contributed by atoms with Crippen LogP contribution in [0, 0.1) is 23.7 Å². The summed E-state index contributed by atoms with van der Waals surface area (Å²) < 4.78 is 10.9. The van der Waals surface area contributed by atoms with Crippen molar-refractivity contribution in [2.24, 2.45) is 23.7 Å². The Kier molecular flexibility index (Phi) is 4.23. The van der Waals surface area contributed by atoms with Crippen molar-refractivity contribution in [2.75, 3.05) is 27.4 Å². The average molecular weight is 272 g/mol. The van der Waals surface area contributed by atoms with Crippen molar-refractivity contribution in [2.45, 2.75) is 12.8 Å². The van der Waals surface area contributed by atoms with Gasteiger partial charge in [0.2, 0.25) is 0 Å². The van der Waals surface area contributed by atoms with Crippen LogP contribution in [0.3, 0.4) is 0 Å². The van der Waals surface area contributed by atoms with Crippen molar-refractivity contribution in [3.05, 3.63) is 47.5 Å². The van der Waals surface area contributed by atoms with Gasteiger partial charge in [-0.05, 0) is 42.1 Å². The number of ether oxygens (including phenoxy) is 2. The van der Waals surface area contributed by atoms with Crippen molar-refractivity contribution < 1.29 is 9.47 Å². The van der Waals surface area contributed by atoms with Gasteiger partial charge in [-0.3, -0.25) is 0 Å². The van der Waals surface area contributed by atoms with E-state index in [-0.39, 0.29) is 0 Å². The van der Waals surface area contributed by atoms with Crippen LogP contribution in [-0.4, -0.2) is 27.4 Å². The van der Waals surface area contributed by atoms with E-state index < -0.39 is 0 Å². The number of hydrogen-bond acceptors (Lipinski definition) is 2. The lowest BCUT2D eigenvalue weighted by Gasteiger charge is -2.30. The van der Waals surface area contributed by atoms with Gasteiger partial charge >= 0.3 is 0 Å². The Morgan fingerprint density at radius 3 is 2.40 bits per heavy atom. The summed E-state index contributed by atoms with van der Waals surface area (Å²) in [5, 5.41) is 0. The predicted octanol–water partition coefficient (Wildman–Crippen LogP) is 3.33. The Morgan fingerprint density at radius 2 is 1.70 bits per heavy atom. The van der Waals surface area contributed by atoms with Gasteiger partial charge in [0.15, 0.2) is 0 Å². The molecule has 2 aliphatic rings. The first-order valence-electron chi connectivity index (χ1n) is 7.56. The largest absolute Gasteiger partial charge is 0.384 e. The van der Waals surface area contributed by atoms with E-state index in [2.05, 4.69) is 36.4 Å². The maximum atomic E-state index is 5.47. The van der Waals surface area contributed by atoms with Crippen molar-refractivity contribution in [1.82, 2.24) is 0 Å². The van der Waals surface area contributed by atoms with E-state index >= 15 is 0 Å². The number of hydrogen-bond donors (Lipinski definition) is 0. The molecule has 0 heterocycles. The minimum absolute atomic E-state index is 0.633. The fourth-order valence-corrected chi connectivity index (χ4v) is 4.17. The molecular formula is C18H24O2. The molecule has 0 amide bonds. The molecule has 0 saturated heterocycles. The molecule has 0 spiro atoms. The zero-order valence-electron chi connectivity index (χ0n) is 12.4. The molecule has 4 atom stereocenters. The van der Waals surface area contributed by atoms with Crippen LogP contribution in [-0.2, 0) is 15.9 Å². The lowest BCUT2D eigenvalue weighted by atomic mass is 9.78. The molecule has 2 nitrogen and oxygen atoms in total. The molecule has 2 heteroatoms. The summed E-state index contributed by atoms with van der Waals surface area (Å²) in [6.07, 6.45) is 4.92. The molecule has 1 aromatic rings. The minimum atomic E-state index is 0.633. The van der Waals surface area contributed by atoms with Gasteiger partial charge in [-0.15, -0.1) is 0 Å². The van der Waals surface area contributed by atoms with Crippen LogP contribution in [0.2, 0.25) is 0 Å². The smallest absolute Gasteiger partial charge is 0.0499 e. The van der Waals surface area contributed by atoms with Crippen LogP contribution in [0.1, 0.15) is 12.0 Å². The Morgan fingerprint density at radius 1 is 1.00 bits per heavy atom. The molecule has 0 radical (unpaired) electrons. The fourth-order valence-electron chi connectivity index (χ4n) is 4.17. The zero-order chi connectivity index (χ0) is 13.9. The highest BCUT2D eigenvalue weighted by Gasteiger charge is 2.47. The molecule has 3 rings (SSSR count). The third kappa shape index (κ3) is 2.55. The quantitative estimate of drug-likeness (QED) is 0.740. The molecule has 1 saturated carbocycles. The third-order valence-corrected chi connectivity index (χ3v) is 5.02. The van der Waals surface area contributed by atoms with Gasteiger partial charge in [0.1, 0.15) is 0 Å². The molecule has 0 unspecified atom stereocenters. The minimum Gasteiger partial charge on any atom is -0.384 e. The molecule has 0 aromatic heterocycles. The van der Waals surface area contributed by atoms with Gasteiger partial charge in [0, 0.05) is 27.4 Å². The first-order chi connectivity index (χ1) is 9.83. The second kappa shape index (κ2) is 6.11. The van der Waals surface area contributed by atoms with E-state index in [1.807, 2.05) is 14.2 Å². The summed E-state index contributed by atoms with van der Waals surface area (Å²) in [5.41, 5.74) is 3.04. The van der Waals surface area contributed by atoms with E-state index in [0.717, 1.165) is 19.6 Å². The average Bonchev–Trinajstić information content (AvgIpc) is 3.00. The molecule has 20 heavy (non-hydrogen) atoms. The first-order valence-corrected chi connectivity index (χ1v) is 7.56. The van der Waals surface area contributed by atoms with Crippen molar-refractivity contribution in [3.8, 4) is 0 Å². The molecule has 108 valence electrons. The van der Waals surface area contributed by atoms with E-state index in [0.29, 0.717) is 23.7 Å². The van der Waals surface area contributed by atoms with Gasteiger partial charge in [0.25, 0.3) is 0 Å². The maximum absolute atomic E-state index is 5.47.